The van der Waals surface area contributed by atoms with Crippen molar-refractivity contribution in [2.24, 2.45) is 0 Å². The number of thiocarbonyl (C=S) groups is 1. The Kier molecular flexibility index (Phi) is 7.31. The van der Waals surface area contributed by atoms with Crippen LogP contribution in [0.25, 0.3) is 5.69 Å². The first kappa shape index (κ1) is 23.0. The topological polar surface area (TPSA) is 64.4 Å². The van der Waals surface area contributed by atoms with E-state index in [0.29, 0.717) is 24.9 Å². The Morgan fingerprint density at radius 2 is 1.69 bits per heavy atom. The quantitative estimate of drug-likeness (QED) is 0.397. The molecule has 2 heterocycles. The van der Waals surface area contributed by atoms with E-state index in [9.17, 15) is 0 Å². The van der Waals surface area contributed by atoms with E-state index < -0.39 is 0 Å². The van der Waals surface area contributed by atoms with E-state index in [2.05, 4.69) is 68.8 Å². The van der Waals surface area contributed by atoms with Gasteiger partial charge in [0.2, 0.25) is 0 Å². The average Bonchev–Trinajstić information content (AvgIpc) is 3.47. The molecule has 0 radical (unpaired) electrons. The second kappa shape index (κ2) is 11.1. The molecule has 1 aromatic heterocycles. The van der Waals surface area contributed by atoms with E-state index >= 15 is 0 Å². The maximum absolute atomic E-state index is 6.01. The van der Waals surface area contributed by atoms with E-state index in [1.165, 1.54) is 17.5 Å². The Morgan fingerprint density at radius 1 is 1.00 bits per heavy atom. The van der Waals surface area contributed by atoms with Gasteiger partial charge in [0.15, 0.2) is 5.11 Å². The van der Waals surface area contributed by atoms with Crippen LogP contribution in [-0.4, -0.2) is 57.2 Å². The summed E-state index contributed by atoms with van der Waals surface area (Å²) in [6.45, 7) is 2.45. The molecule has 0 spiro atoms. The number of morpholine rings is 1. The summed E-state index contributed by atoms with van der Waals surface area (Å²) in [6.07, 6.45) is 3.10. The third-order valence-corrected chi connectivity index (χ3v) is 6.29. The van der Waals surface area contributed by atoms with Gasteiger partial charge in [0, 0.05) is 13.1 Å². The Hall–Kier alpha value is -3.75. The lowest BCUT2D eigenvalue weighted by molar-refractivity contribution is -0.0289. The molecule has 1 unspecified atom stereocenters. The van der Waals surface area contributed by atoms with E-state index in [-0.39, 0.29) is 12.1 Å². The summed E-state index contributed by atoms with van der Waals surface area (Å²) in [5.41, 5.74) is 3.27. The molecule has 8 heteroatoms. The minimum Gasteiger partial charge on any atom is -0.491 e. The van der Waals surface area contributed by atoms with E-state index in [4.69, 9.17) is 21.7 Å². The molecule has 1 fully saturated rings. The minimum absolute atomic E-state index is 0.0223. The molecule has 178 valence electrons. The number of hydrogen-bond acceptors (Lipinski definition) is 5. The monoisotopic (exact) mass is 485 g/mol. The van der Waals surface area contributed by atoms with Crippen molar-refractivity contribution >= 4 is 17.3 Å². The van der Waals surface area contributed by atoms with Crippen molar-refractivity contribution in [1.82, 2.24) is 25.0 Å². The molecule has 3 aromatic carbocycles. The van der Waals surface area contributed by atoms with Gasteiger partial charge in [-0.2, -0.15) is 5.10 Å². The van der Waals surface area contributed by atoms with Crippen LogP contribution in [0.5, 0.6) is 5.75 Å². The third-order valence-electron chi connectivity index (χ3n) is 5.92. The molecule has 1 aliphatic rings. The van der Waals surface area contributed by atoms with Crippen molar-refractivity contribution in [2.75, 3.05) is 26.3 Å². The van der Waals surface area contributed by atoms with E-state index in [0.717, 1.165) is 18.0 Å². The Bertz CT molecular complexity index is 1160. The molecule has 0 aliphatic carbocycles. The summed E-state index contributed by atoms with van der Waals surface area (Å²) in [5, 5.41) is 8.44. The van der Waals surface area contributed by atoms with Crippen molar-refractivity contribution in [3.8, 4) is 11.4 Å². The fourth-order valence-corrected chi connectivity index (χ4v) is 4.38. The first-order valence-corrected chi connectivity index (χ1v) is 12.0. The highest BCUT2D eigenvalue weighted by molar-refractivity contribution is 7.80. The lowest BCUT2D eigenvalue weighted by atomic mass is 9.99. The number of ether oxygens (including phenoxy) is 2. The van der Waals surface area contributed by atoms with Crippen LogP contribution < -0.4 is 10.1 Å². The fourth-order valence-electron chi connectivity index (χ4n) is 4.10. The Balaban J connectivity index is 1.19. The van der Waals surface area contributed by atoms with Crippen molar-refractivity contribution in [1.29, 1.82) is 0 Å². The maximum Gasteiger partial charge on any atom is 0.169 e. The van der Waals surface area contributed by atoms with E-state index in [1.807, 2.05) is 36.4 Å². The number of benzene rings is 3. The molecule has 5 rings (SSSR count). The number of nitrogens with one attached hydrogen (secondary N) is 1. The fraction of sp³-hybridized carbons (Fsp3) is 0.222. The van der Waals surface area contributed by atoms with Gasteiger partial charge in [-0.1, -0.05) is 60.7 Å². The smallest absolute Gasteiger partial charge is 0.169 e. The summed E-state index contributed by atoms with van der Waals surface area (Å²) < 4.78 is 13.7. The molecule has 7 nitrogen and oxygen atoms in total. The molecule has 4 aromatic rings. The predicted octanol–water partition coefficient (Wildman–Crippen LogP) is 4.01. The summed E-state index contributed by atoms with van der Waals surface area (Å²) in [4.78, 5) is 6.14. The van der Waals surface area contributed by atoms with Crippen molar-refractivity contribution < 1.29 is 9.47 Å². The lowest BCUT2D eigenvalue weighted by Crippen LogP contribution is -2.51. The van der Waals surface area contributed by atoms with Crippen LogP contribution in [0, 0.1) is 0 Å². The number of rotatable bonds is 7. The number of hydrogen-bond donors (Lipinski definition) is 1. The highest BCUT2D eigenvalue weighted by atomic mass is 32.1. The summed E-state index contributed by atoms with van der Waals surface area (Å²) in [6, 6.07) is 28.5. The highest BCUT2D eigenvalue weighted by Crippen LogP contribution is 2.23. The number of aromatic nitrogens is 3. The molecule has 0 saturated carbocycles. The predicted molar refractivity (Wildman–Crippen MR) is 139 cm³/mol. The van der Waals surface area contributed by atoms with E-state index in [1.54, 1.807) is 11.0 Å². The van der Waals surface area contributed by atoms with Crippen LogP contribution in [0.1, 0.15) is 17.2 Å². The number of nitrogens with zero attached hydrogens (tertiary/aromatic N) is 4. The largest absolute Gasteiger partial charge is 0.491 e. The molecule has 35 heavy (non-hydrogen) atoms. The van der Waals surface area contributed by atoms with Crippen molar-refractivity contribution in [3.63, 3.8) is 0 Å². The van der Waals surface area contributed by atoms with Crippen molar-refractivity contribution in [3.05, 3.63) is 109 Å². The molecule has 0 bridgehead atoms. The summed E-state index contributed by atoms with van der Waals surface area (Å²) in [5.74, 6) is 0.781. The van der Waals surface area contributed by atoms with Crippen LogP contribution in [-0.2, 0) is 4.74 Å². The average molecular weight is 486 g/mol. The third kappa shape index (κ3) is 5.85. The SMILES string of the molecule is S=C(NC(c1ccccc1)c1ccccc1)N1CCOC(COc2ccc(-n3cncn3)cc2)C1. The second-order valence-corrected chi connectivity index (χ2v) is 8.67. The van der Waals surface area contributed by atoms with Gasteiger partial charge >= 0.3 is 0 Å². The zero-order valence-corrected chi connectivity index (χ0v) is 20.1. The molecule has 0 amide bonds. The van der Waals surface area contributed by atoms with Crippen LogP contribution in [0.4, 0.5) is 0 Å². The van der Waals surface area contributed by atoms with Gasteiger partial charge < -0.3 is 19.7 Å². The minimum atomic E-state index is -0.0783. The first-order valence-electron chi connectivity index (χ1n) is 11.6. The summed E-state index contributed by atoms with van der Waals surface area (Å²) in [7, 11) is 0. The highest BCUT2D eigenvalue weighted by Gasteiger charge is 2.25. The molecule has 1 aliphatic heterocycles. The van der Waals surface area contributed by atoms with Gasteiger partial charge in [0.05, 0.1) is 18.3 Å². The van der Waals surface area contributed by atoms with Gasteiger partial charge in [0.25, 0.3) is 0 Å². The normalized spacial score (nSPS) is 15.7. The standard InChI is InChI=1S/C27H27N5O2S/c35-27(30-26(21-7-3-1-4-8-21)22-9-5-2-6-10-22)31-15-16-33-25(17-31)18-34-24-13-11-23(12-14-24)32-20-28-19-29-32/h1-14,19-20,25-26H,15-18H2,(H,30,35). The van der Waals surface area contributed by atoms with Gasteiger partial charge in [0.1, 0.15) is 31.1 Å². The molecule has 1 saturated heterocycles. The van der Waals surface area contributed by atoms with Crippen LogP contribution in [0.3, 0.4) is 0 Å². The molecule has 1 N–H and O–H groups in total. The lowest BCUT2D eigenvalue weighted by Gasteiger charge is -2.36. The van der Waals surface area contributed by atoms with Gasteiger partial charge in [-0.15, -0.1) is 0 Å². The Morgan fingerprint density at radius 3 is 2.31 bits per heavy atom. The van der Waals surface area contributed by atoms with Gasteiger partial charge in [-0.05, 0) is 47.6 Å². The van der Waals surface area contributed by atoms with Crippen LogP contribution >= 0.6 is 12.2 Å². The first-order chi connectivity index (χ1) is 17.3. The molecular formula is C27H27N5O2S. The zero-order valence-electron chi connectivity index (χ0n) is 19.2. The molecule has 1 atom stereocenters. The zero-order chi connectivity index (χ0) is 23.9. The maximum atomic E-state index is 6.01. The van der Waals surface area contributed by atoms with Crippen molar-refractivity contribution in [2.45, 2.75) is 12.1 Å². The Labute approximate surface area is 210 Å². The summed E-state index contributed by atoms with van der Waals surface area (Å²) >= 11 is 5.84. The second-order valence-electron chi connectivity index (χ2n) is 8.29. The van der Waals surface area contributed by atoms with Crippen LogP contribution in [0.2, 0.25) is 0 Å². The van der Waals surface area contributed by atoms with Crippen LogP contribution in [0.15, 0.2) is 97.6 Å². The van der Waals surface area contributed by atoms with Gasteiger partial charge in [-0.25, -0.2) is 9.67 Å². The molecular weight excluding hydrogens is 458 g/mol. The van der Waals surface area contributed by atoms with Gasteiger partial charge in [-0.3, -0.25) is 0 Å².